The van der Waals surface area contributed by atoms with Crippen LogP contribution >= 0.6 is 0 Å². The first-order valence-electron chi connectivity index (χ1n) is 10.4. The van der Waals surface area contributed by atoms with Crippen LogP contribution in [0.1, 0.15) is 24.3 Å². The number of aromatic nitrogens is 5. The molecular formula is C24H22N6. The number of H-pyrrole nitrogens is 2. The van der Waals surface area contributed by atoms with Crippen LogP contribution in [0.3, 0.4) is 0 Å². The molecule has 4 aromatic heterocycles. The lowest BCUT2D eigenvalue weighted by molar-refractivity contribution is 0.460. The summed E-state index contributed by atoms with van der Waals surface area (Å²) in [6.45, 7) is 2.18. The highest BCUT2D eigenvalue weighted by atomic mass is 15.1. The molecule has 1 aromatic carbocycles. The average Bonchev–Trinajstić information content (AvgIpc) is 3.43. The largest absolute Gasteiger partial charge is 0.353 e. The number of rotatable bonds is 3. The summed E-state index contributed by atoms with van der Waals surface area (Å²) in [5.74, 6) is 0.614. The van der Waals surface area contributed by atoms with Crippen molar-refractivity contribution in [2.24, 2.45) is 0 Å². The van der Waals surface area contributed by atoms with Crippen LogP contribution in [0, 0.1) is 0 Å². The van der Waals surface area contributed by atoms with Crippen LogP contribution in [0.5, 0.6) is 0 Å². The Morgan fingerprint density at radius 3 is 2.50 bits per heavy atom. The summed E-state index contributed by atoms with van der Waals surface area (Å²) in [5.41, 5.74) is 7.49. The lowest BCUT2D eigenvalue weighted by Crippen LogP contribution is -2.26. The Balaban J connectivity index is 1.47. The molecule has 0 radical (unpaired) electrons. The standard InChI is InChI=1S/C24H22N6/c1-2-21-18(13-17(1)15-3-8-25-9-4-15)24(30-29-21)22-14-19-20(28-22)7-12-27-23(19)16-5-10-26-11-6-16/h1-2,5-7,10-15,25,28H,3-4,8-9H2,(H,29,30). The van der Waals surface area contributed by atoms with Crippen molar-refractivity contribution in [3.8, 4) is 22.6 Å². The van der Waals surface area contributed by atoms with Crippen LogP contribution in [0.25, 0.3) is 44.5 Å². The number of benzene rings is 1. The van der Waals surface area contributed by atoms with Crippen LogP contribution in [-0.4, -0.2) is 38.2 Å². The smallest absolute Gasteiger partial charge is 0.116 e. The highest BCUT2D eigenvalue weighted by molar-refractivity contribution is 5.99. The summed E-state index contributed by atoms with van der Waals surface area (Å²) < 4.78 is 0. The van der Waals surface area contributed by atoms with Gasteiger partial charge in [0.2, 0.25) is 0 Å². The second kappa shape index (κ2) is 7.07. The van der Waals surface area contributed by atoms with E-state index in [4.69, 9.17) is 0 Å². The van der Waals surface area contributed by atoms with Gasteiger partial charge in [0, 0.05) is 40.4 Å². The third kappa shape index (κ3) is 2.88. The summed E-state index contributed by atoms with van der Waals surface area (Å²) in [7, 11) is 0. The quantitative estimate of drug-likeness (QED) is 0.416. The van der Waals surface area contributed by atoms with Crippen molar-refractivity contribution in [3.63, 3.8) is 0 Å². The van der Waals surface area contributed by atoms with E-state index in [2.05, 4.69) is 54.7 Å². The van der Waals surface area contributed by atoms with Gasteiger partial charge in [-0.2, -0.15) is 5.10 Å². The number of piperidine rings is 1. The van der Waals surface area contributed by atoms with Gasteiger partial charge in [0.1, 0.15) is 5.69 Å². The summed E-state index contributed by atoms with van der Waals surface area (Å²) >= 11 is 0. The fourth-order valence-corrected chi connectivity index (χ4v) is 4.57. The topological polar surface area (TPSA) is 82.3 Å². The molecule has 5 heterocycles. The fraction of sp³-hybridized carbons (Fsp3) is 0.208. The van der Waals surface area contributed by atoms with Gasteiger partial charge in [-0.3, -0.25) is 15.1 Å². The van der Waals surface area contributed by atoms with Crippen molar-refractivity contribution in [3.05, 3.63) is 66.6 Å². The van der Waals surface area contributed by atoms with Gasteiger partial charge < -0.3 is 10.3 Å². The second-order valence-electron chi connectivity index (χ2n) is 7.94. The molecule has 1 aliphatic heterocycles. The molecule has 6 nitrogen and oxygen atoms in total. The highest BCUT2D eigenvalue weighted by Crippen LogP contribution is 2.34. The van der Waals surface area contributed by atoms with Gasteiger partial charge in [-0.25, -0.2) is 0 Å². The maximum atomic E-state index is 4.65. The Labute approximate surface area is 173 Å². The number of pyridine rings is 2. The number of hydrogen-bond acceptors (Lipinski definition) is 4. The van der Waals surface area contributed by atoms with Crippen LogP contribution in [-0.2, 0) is 0 Å². The molecule has 148 valence electrons. The van der Waals surface area contributed by atoms with E-state index in [1.165, 1.54) is 18.4 Å². The van der Waals surface area contributed by atoms with Crippen LogP contribution in [0.2, 0.25) is 0 Å². The molecule has 1 saturated heterocycles. The van der Waals surface area contributed by atoms with Gasteiger partial charge in [0.15, 0.2) is 0 Å². The van der Waals surface area contributed by atoms with Crippen molar-refractivity contribution in [2.45, 2.75) is 18.8 Å². The molecular weight excluding hydrogens is 372 g/mol. The van der Waals surface area contributed by atoms with E-state index in [9.17, 15) is 0 Å². The van der Waals surface area contributed by atoms with Crippen molar-refractivity contribution >= 4 is 21.8 Å². The minimum atomic E-state index is 0.614. The zero-order chi connectivity index (χ0) is 19.9. The number of nitrogens with one attached hydrogen (secondary N) is 3. The van der Waals surface area contributed by atoms with E-state index in [-0.39, 0.29) is 0 Å². The molecule has 1 aliphatic rings. The first-order chi connectivity index (χ1) is 14.9. The van der Waals surface area contributed by atoms with Gasteiger partial charge in [-0.1, -0.05) is 6.07 Å². The summed E-state index contributed by atoms with van der Waals surface area (Å²) in [5, 5.41) is 13.6. The van der Waals surface area contributed by atoms with Gasteiger partial charge >= 0.3 is 0 Å². The van der Waals surface area contributed by atoms with Crippen molar-refractivity contribution in [1.82, 2.24) is 30.5 Å². The van der Waals surface area contributed by atoms with Crippen LogP contribution in [0.15, 0.2) is 61.1 Å². The normalized spacial score (nSPS) is 15.2. The zero-order valence-corrected chi connectivity index (χ0v) is 16.5. The van der Waals surface area contributed by atoms with Gasteiger partial charge in [-0.15, -0.1) is 0 Å². The molecule has 0 saturated carbocycles. The number of nitrogens with zero attached hydrogens (tertiary/aromatic N) is 3. The maximum absolute atomic E-state index is 4.65. The third-order valence-corrected chi connectivity index (χ3v) is 6.15. The minimum Gasteiger partial charge on any atom is -0.353 e. The molecule has 0 unspecified atom stereocenters. The minimum absolute atomic E-state index is 0.614. The highest BCUT2D eigenvalue weighted by Gasteiger charge is 2.18. The predicted molar refractivity (Wildman–Crippen MR) is 119 cm³/mol. The molecule has 0 spiro atoms. The summed E-state index contributed by atoms with van der Waals surface area (Å²) in [6, 6.07) is 14.9. The Morgan fingerprint density at radius 1 is 0.800 bits per heavy atom. The molecule has 6 rings (SSSR count). The van der Waals surface area contributed by atoms with E-state index in [1.54, 1.807) is 12.4 Å². The summed E-state index contributed by atoms with van der Waals surface area (Å²) in [6.07, 6.45) is 7.81. The molecule has 0 bridgehead atoms. The first kappa shape index (κ1) is 17.4. The van der Waals surface area contributed by atoms with E-state index in [0.717, 1.165) is 57.5 Å². The zero-order valence-electron chi connectivity index (χ0n) is 16.5. The van der Waals surface area contributed by atoms with Crippen molar-refractivity contribution < 1.29 is 0 Å². The average molecular weight is 394 g/mol. The Hall–Kier alpha value is -3.51. The number of fused-ring (bicyclic) bond motifs is 2. The van der Waals surface area contributed by atoms with Crippen LogP contribution < -0.4 is 5.32 Å². The molecule has 5 aromatic rings. The number of aromatic amines is 2. The molecule has 6 heteroatoms. The fourth-order valence-electron chi connectivity index (χ4n) is 4.57. The van der Waals surface area contributed by atoms with E-state index in [0.29, 0.717) is 5.92 Å². The third-order valence-electron chi connectivity index (χ3n) is 6.15. The van der Waals surface area contributed by atoms with Gasteiger partial charge in [-0.05, 0) is 73.8 Å². The van der Waals surface area contributed by atoms with Gasteiger partial charge in [0.05, 0.1) is 16.9 Å². The second-order valence-corrected chi connectivity index (χ2v) is 7.94. The molecule has 1 fully saturated rings. The molecule has 30 heavy (non-hydrogen) atoms. The lowest BCUT2D eigenvalue weighted by Gasteiger charge is -2.23. The number of hydrogen-bond donors (Lipinski definition) is 3. The van der Waals surface area contributed by atoms with E-state index in [1.807, 2.05) is 24.4 Å². The molecule has 3 N–H and O–H groups in total. The first-order valence-corrected chi connectivity index (χ1v) is 10.4. The van der Waals surface area contributed by atoms with Gasteiger partial charge in [0.25, 0.3) is 0 Å². The molecule has 0 atom stereocenters. The molecule has 0 amide bonds. The molecule has 0 aliphatic carbocycles. The maximum Gasteiger partial charge on any atom is 0.116 e. The summed E-state index contributed by atoms with van der Waals surface area (Å²) in [4.78, 5) is 12.3. The Kier molecular flexibility index (Phi) is 4.09. The Morgan fingerprint density at radius 2 is 1.63 bits per heavy atom. The van der Waals surface area contributed by atoms with E-state index >= 15 is 0 Å². The Bertz CT molecular complexity index is 1330. The lowest BCUT2D eigenvalue weighted by atomic mass is 9.89. The van der Waals surface area contributed by atoms with E-state index < -0.39 is 0 Å². The van der Waals surface area contributed by atoms with Crippen LogP contribution in [0.4, 0.5) is 0 Å². The monoisotopic (exact) mass is 394 g/mol. The van der Waals surface area contributed by atoms with Crippen molar-refractivity contribution in [2.75, 3.05) is 13.1 Å². The predicted octanol–water partition coefficient (Wildman–Crippen LogP) is 4.64. The van der Waals surface area contributed by atoms with Crippen molar-refractivity contribution in [1.29, 1.82) is 0 Å². The SMILES string of the molecule is c1cc(-c2nccc3[nH]c(-c4n[nH]c5ccc(C6CCNCC6)cc45)cc23)ccn1.